The van der Waals surface area contributed by atoms with Gasteiger partial charge in [-0.15, -0.1) is 0 Å². The van der Waals surface area contributed by atoms with E-state index in [1.54, 1.807) is 20.8 Å². The van der Waals surface area contributed by atoms with Gasteiger partial charge in [0.05, 0.1) is 23.5 Å². The predicted octanol–water partition coefficient (Wildman–Crippen LogP) is 1.92. The highest BCUT2D eigenvalue weighted by atomic mass is 16.5. The molecule has 0 spiro atoms. The number of carbonyl (C=O) groups excluding carboxylic acids is 1. The summed E-state index contributed by atoms with van der Waals surface area (Å²) in [6, 6.07) is 0. The maximum absolute atomic E-state index is 11.6. The summed E-state index contributed by atoms with van der Waals surface area (Å²) < 4.78 is 4.92. The van der Waals surface area contributed by atoms with Crippen LogP contribution in [0, 0.1) is 6.92 Å². The van der Waals surface area contributed by atoms with Gasteiger partial charge >= 0.3 is 5.97 Å². The third-order valence-corrected chi connectivity index (χ3v) is 2.89. The van der Waals surface area contributed by atoms with Crippen molar-refractivity contribution in [3.63, 3.8) is 0 Å². The van der Waals surface area contributed by atoms with Gasteiger partial charge in [-0.1, -0.05) is 13.3 Å². The van der Waals surface area contributed by atoms with Gasteiger partial charge in [-0.2, -0.15) is 0 Å². The van der Waals surface area contributed by atoms with Crippen molar-refractivity contribution in [1.82, 2.24) is 9.97 Å². The lowest BCUT2D eigenvalue weighted by atomic mass is 10.0. The maximum Gasteiger partial charge on any atom is 0.341 e. The zero-order valence-electron chi connectivity index (χ0n) is 12.6. The summed E-state index contributed by atoms with van der Waals surface area (Å²) >= 11 is 0. The number of nitrogens with one attached hydrogen (secondary N) is 1. The first-order valence-electron chi connectivity index (χ1n) is 6.86. The lowest BCUT2D eigenvalue weighted by molar-refractivity contribution is 0.0523. The van der Waals surface area contributed by atoms with Crippen LogP contribution in [-0.4, -0.2) is 39.8 Å². The SMILES string of the molecule is CCCC(C)(O)CNc1ncc(C(=O)OCC)c(C)n1. The van der Waals surface area contributed by atoms with Crippen LogP contribution in [0.5, 0.6) is 0 Å². The summed E-state index contributed by atoms with van der Waals surface area (Å²) in [5.41, 5.74) is 0.111. The van der Waals surface area contributed by atoms with Crippen molar-refractivity contribution in [1.29, 1.82) is 0 Å². The molecule has 0 aliphatic carbocycles. The van der Waals surface area contributed by atoms with Crippen molar-refractivity contribution in [3.05, 3.63) is 17.5 Å². The molecule has 1 unspecified atom stereocenters. The molecule has 0 radical (unpaired) electrons. The van der Waals surface area contributed by atoms with E-state index >= 15 is 0 Å². The molecule has 0 aromatic carbocycles. The normalized spacial score (nSPS) is 13.7. The summed E-state index contributed by atoms with van der Waals surface area (Å²) in [6.07, 6.45) is 3.04. The predicted molar refractivity (Wildman–Crippen MR) is 76.7 cm³/mol. The van der Waals surface area contributed by atoms with Gasteiger partial charge in [0.1, 0.15) is 0 Å². The van der Waals surface area contributed by atoms with Crippen LogP contribution in [0.4, 0.5) is 5.95 Å². The Bertz CT molecular complexity index is 461. The van der Waals surface area contributed by atoms with Crippen LogP contribution < -0.4 is 5.32 Å². The standard InChI is InChI=1S/C14H23N3O3/c1-5-7-14(4,19)9-16-13-15-8-11(10(3)17-13)12(18)20-6-2/h8,19H,5-7,9H2,1-4H3,(H,15,16,17). The summed E-state index contributed by atoms with van der Waals surface area (Å²) in [6.45, 7) is 7.94. The summed E-state index contributed by atoms with van der Waals surface area (Å²) in [5.74, 6) is -0.0264. The van der Waals surface area contributed by atoms with E-state index in [0.717, 1.165) is 6.42 Å². The Morgan fingerprint density at radius 1 is 1.50 bits per heavy atom. The zero-order chi connectivity index (χ0) is 15.2. The van der Waals surface area contributed by atoms with Crippen molar-refractivity contribution >= 4 is 11.9 Å². The van der Waals surface area contributed by atoms with Gasteiger partial charge in [0, 0.05) is 12.7 Å². The molecule has 0 saturated heterocycles. The number of nitrogens with zero attached hydrogens (tertiary/aromatic N) is 2. The fourth-order valence-corrected chi connectivity index (χ4v) is 1.86. The van der Waals surface area contributed by atoms with Crippen molar-refractivity contribution in [2.75, 3.05) is 18.5 Å². The number of aliphatic hydroxyl groups is 1. The third kappa shape index (κ3) is 4.77. The number of carbonyl (C=O) groups is 1. The number of aromatic nitrogens is 2. The smallest absolute Gasteiger partial charge is 0.341 e. The second-order valence-corrected chi connectivity index (χ2v) is 5.01. The van der Waals surface area contributed by atoms with Gasteiger partial charge in [0.15, 0.2) is 0 Å². The highest BCUT2D eigenvalue weighted by molar-refractivity contribution is 5.90. The largest absolute Gasteiger partial charge is 0.462 e. The second-order valence-electron chi connectivity index (χ2n) is 5.01. The van der Waals surface area contributed by atoms with Crippen LogP contribution in [0.2, 0.25) is 0 Å². The van der Waals surface area contributed by atoms with Crippen molar-refractivity contribution in [3.8, 4) is 0 Å². The maximum atomic E-state index is 11.6. The van der Waals surface area contributed by atoms with Crippen LogP contribution >= 0.6 is 0 Å². The molecule has 1 atom stereocenters. The summed E-state index contributed by atoms with van der Waals surface area (Å²) in [5, 5.41) is 13.1. The minimum atomic E-state index is -0.800. The fraction of sp³-hybridized carbons (Fsp3) is 0.643. The molecular formula is C14H23N3O3. The Morgan fingerprint density at radius 2 is 2.20 bits per heavy atom. The van der Waals surface area contributed by atoms with E-state index in [4.69, 9.17) is 4.74 Å². The summed E-state index contributed by atoms with van der Waals surface area (Å²) in [4.78, 5) is 19.9. The van der Waals surface area contributed by atoms with E-state index in [0.29, 0.717) is 36.8 Å². The molecule has 6 heteroatoms. The van der Waals surface area contributed by atoms with E-state index in [1.807, 2.05) is 6.92 Å². The monoisotopic (exact) mass is 281 g/mol. The highest BCUT2D eigenvalue weighted by Crippen LogP contribution is 2.13. The molecule has 0 aliphatic heterocycles. The number of rotatable bonds is 7. The average Bonchev–Trinajstić information content (AvgIpc) is 2.36. The van der Waals surface area contributed by atoms with Gasteiger partial charge in [0.25, 0.3) is 0 Å². The average molecular weight is 281 g/mol. The van der Waals surface area contributed by atoms with Crippen LogP contribution in [0.1, 0.15) is 49.7 Å². The molecule has 1 aromatic heterocycles. The molecule has 112 valence electrons. The molecule has 1 aromatic rings. The van der Waals surface area contributed by atoms with Crippen LogP contribution in [0.3, 0.4) is 0 Å². The molecule has 0 amide bonds. The van der Waals surface area contributed by atoms with Crippen molar-refractivity contribution in [2.45, 2.75) is 46.1 Å². The number of hydrogen-bond acceptors (Lipinski definition) is 6. The second kappa shape index (κ2) is 7.19. The van der Waals surface area contributed by atoms with E-state index in [-0.39, 0.29) is 0 Å². The van der Waals surface area contributed by atoms with E-state index in [9.17, 15) is 9.90 Å². The molecule has 0 fully saturated rings. The number of aryl methyl sites for hydroxylation is 1. The van der Waals surface area contributed by atoms with E-state index < -0.39 is 11.6 Å². The Kier molecular flexibility index (Phi) is 5.88. The fourth-order valence-electron chi connectivity index (χ4n) is 1.86. The van der Waals surface area contributed by atoms with E-state index in [1.165, 1.54) is 6.20 Å². The molecule has 0 aliphatic rings. The third-order valence-electron chi connectivity index (χ3n) is 2.89. The first kappa shape index (κ1) is 16.4. The molecule has 0 bridgehead atoms. The molecule has 2 N–H and O–H groups in total. The Hall–Kier alpha value is -1.69. The minimum Gasteiger partial charge on any atom is -0.462 e. The summed E-state index contributed by atoms with van der Waals surface area (Å²) in [7, 11) is 0. The van der Waals surface area contributed by atoms with Gasteiger partial charge in [-0.25, -0.2) is 14.8 Å². The van der Waals surface area contributed by atoms with Crippen molar-refractivity contribution < 1.29 is 14.6 Å². The van der Waals surface area contributed by atoms with Crippen LogP contribution in [-0.2, 0) is 4.74 Å². The van der Waals surface area contributed by atoms with Gasteiger partial charge in [0.2, 0.25) is 5.95 Å². The molecule has 20 heavy (non-hydrogen) atoms. The van der Waals surface area contributed by atoms with Gasteiger partial charge in [-0.05, 0) is 27.2 Å². The lowest BCUT2D eigenvalue weighted by Gasteiger charge is -2.22. The number of esters is 1. The Balaban J connectivity index is 2.70. The number of anilines is 1. The van der Waals surface area contributed by atoms with Crippen molar-refractivity contribution in [2.24, 2.45) is 0 Å². The first-order chi connectivity index (χ1) is 9.39. The van der Waals surface area contributed by atoms with Gasteiger partial charge < -0.3 is 15.2 Å². The quantitative estimate of drug-likeness (QED) is 0.743. The van der Waals surface area contributed by atoms with Crippen LogP contribution in [0.25, 0.3) is 0 Å². The zero-order valence-corrected chi connectivity index (χ0v) is 12.6. The van der Waals surface area contributed by atoms with E-state index in [2.05, 4.69) is 15.3 Å². The topological polar surface area (TPSA) is 84.3 Å². The molecule has 1 rings (SSSR count). The number of hydrogen-bond donors (Lipinski definition) is 2. The van der Waals surface area contributed by atoms with Crippen LogP contribution in [0.15, 0.2) is 6.20 Å². The molecule has 1 heterocycles. The lowest BCUT2D eigenvalue weighted by Crippen LogP contribution is -2.33. The Morgan fingerprint density at radius 3 is 2.75 bits per heavy atom. The Labute approximate surface area is 119 Å². The highest BCUT2D eigenvalue weighted by Gasteiger charge is 2.19. The molecule has 0 saturated carbocycles. The number of ether oxygens (including phenoxy) is 1. The minimum absolute atomic E-state index is 0.318. The molecular weight excluding hydrogens is 258 g/mol. The first-order valence-corrected chi connectivity index (χ1v) is 6.86. The van der Waals surface area contributed by atoms with Gasteiger partial charge in [-0.3, -0.25) is 0 Å². The molecule has 6 nitrogen and oxygen atoms in total.